The molecule has 3 aromatic rings. The number of hydrogen-bond donors (Lipinski definition) is 2. The zero-order valence-electron chi connectivity index (χ0n) is 17.0. The van der Waals surface area contributed by atoms with E-state index in [0.717, 1.165) is 30.0 Å². The van der Waals surface area contributed by atoms with E-state index in [9.17, 15) is 27.3 Å². The molecule has 0 radical (unpaired) electrons. The Hall–Kier alpha value is -3.86. The number of nitro groups is 1. The molecule has 0 aliphatic carbocycles. The first-order valence-corrected chi connectivity index (χ1v) is 10.7. The van der Waals surface area contributed by atoms with Crippen molar-refractivity contribution in [1.82, 2.24) is 0 Å². The number of nitro benzene ring substituents is 1. The van der Waals surface area contributed by atoms with Crippen LogP contribution < -0.4 is 10.1 Å². The number of halogens is 2. The van der Waals surface area contributed by atoms with E-state index in [1.807, 2.05) is 6.92 Å². The van der Waals surface area contributed by atoms with Crippen LogP contribution in [-0.4, -0.2) is 19.6 Å². The molecule has 3 rings (SSSR count). The molecule has 0 heterocycles. The minimum atomic E-state index is -4.10. The fourth-order valence-electron chi connectivity index (χ4n) is 2.83. The molecular weight excluding hydrogens is 442 g/mol. The molecule has 0 aliphatic heterocycles. The number of nitrogens with one attached hydrogen (secondary N) is 2. The van der Waals surface area contributed by atoms with Gasteiger partial charge in [0.05, 0.1) is 21.7 Å². The summed E-state index contributed by atoms with van der Waals surface area (Å²) in [5.41, 5.74) is 3.68. The Labute approximate surface area is 182 Å². The first kappa shape index (κ1) is 22.8. The summed E-state index contributed by atoms with van der Waals surface area (Å²) in [5, 5.41) is 15.2. The summed E-state index contributed by atoms with van der Waals surface area (Å²) >= 11 is 0. The largest absolute Gasteiger partial charge is 0.295 e. The van der Waals surface area contributed by atoms with Gasteiger partial charge in [-0.3, -0.25) is 20.3 Å². The van der Waals surface area contributed by atoms with Crippen LogP contribution in [-0.2, 0) is 10.0 Å². The van der Waals surface area contributed by atoms with Crippen LogP contribution >= 0.6 is 0 Å². The highest BCUT2D eigenvalue weighted by Gasteiger charge is 2.22. The fourth-order valence-corrected chi connectivity index (χ4v) is 3.98. The fraction of sp³-hybridized carbons (Fsp3) is 0.0952. The van der Waals surface area contributed by atoms with E-state index < -0.39 is 32.3 Å². The zero-order valence-corrected chi connectivity index (χ0v) is 17.8. The molecule has 32 heavy (non-hydrogen) atoms. The van der Waals surface area contributed by atoms with Crippen molar-refractivity contribution in [1.29, 1.82) is 0 Å². The van der Waals surface area contributed by atoms with E-state index in [4.69, 9.17) is 0 Å². The summed E-state index contributed by atoms with van der Waals surface area (Å²) in [5.74, 6) is -1.61. The lowest BCUT2D eigenvalue weighted by Crippen LogP contribution is -2.14. The predicted octanol–water partition coefficient (Wildman–Crippen LogP) is 4.74. The number of nitrogens with zero attached hydrogens (tertiary/aromatic N) is 2. The number of sulfonamides is 1. The maximum absolute atomic E-state index is 13.7. The van der Waals surface area contributed by atoms with Gasteiger partial charge in [-0.2, -0.15) is 5.10 Å². The Kier molecular flexibility index (Phi) is 6.49. The molecule has 11 heteroatoms. The predicted molar refractivity (Wildman–Crippen MR) is 117 cm³/mol. The second-order valence-corrected chi connectivity index (χ2v) is 8.58. The van der Waals surface area contributed by atoms with E-state index in [0.29, 0.717) is 17.3 Å². The van der Waals surface area contributed by atoms with Crippen LogP contribution in [0.5, 0.6) is 0 Å². The number of aryl methyl sites for hydroxylation is 2. The van der Waals surface area contributed by atoms with Crippen LogP contribution in [0.4, 0.5) is 25.8 Å². The molecule has 0 aromatic heterocycles. The first-order valence-electron chi connectivity index (χ1n) is 9.19. The first-order chi connectivity index (χ1) is 15.1. The molecule has 0 bridgehead atoms. The monoisotopic (exact) mass is 460 g/mol. The second kappa shape index (κ2) is 9.10. The minimum Gasteiger partial charge on any atom is -0.279 e. The lowest BCUT2D eigenvalue weighted by molar-refractivity contribution is -0.384. The molecule has 0 saturated carbocycles. The van der Waals surface area contributed by atoms with E-state index in [2.05, 4.69) is 15.2 Å². The molecule has 166 valence electrons. The van der Waals surface area contributed by atoms with Crippen LogP contribution in [0.3, 0.4) is 0 Å². The molecule has 0 unspecified atom stereocenters. The van der Waals surface area contributed by atoms with Gasteiger partial charge in [0.1, 0.15) is 17.3 Å². The van der Waals surface area contributed by atoms with E-state index in [1.54, 1.807) is 25.1 Å². The molecule has 3 aromatic carbocycles. The maximum atomic E-state index is 13.7. The van der Waals surface area contributed by atoms with Gasteiger partial charge in [0.25, 0.3) is 15.7 Å². The second-order valence-electron chi connectivity index (χ2n) is 6.90. The molecule has 2 N–H and O–H groups in total. The number of benzene rings is 3. The Morgan fingerprint density at radius 1 is 1.00 bits per heavy atom. The summed E-state index contributed by atoms with van der Waals surface area (Å²) in [6, 6.07) is 11.2. The highest BCUT2D eigenvalue weighted by Crippen LogP contribution is 2.29. The normalized spacial score (nSPS) is 11.5. The van der Waals surface area contributed by atoms with Gasteiger partial charge in [-0.1, -0.05) is 17.7 Å². The van der Waals surface area contributed by atoms with Crippen LogP contribution in [0.2, 0.25) is 0 Å². The highest BCUT2D eigenvalue weighted by atomic mass is 32.2. The molecule has 0 atom stereocenters. The van der Waals surface area contributed by atoms with Crippen molar-refractivity contribution in [3.8, 4) is 0 Å². The Morgan fingerprint density at radius 2 is 1.72 bits per heavy atom. The van der Waals surface area contributed by atoms with Gasteiger partial charge in [-0.15, -0.1) is 0 Å². The summed E-state index contributed by atoms with van der Waals surface area (Å²) < 4.78 is 54.5. The third-order valence-corrected chi connectivity index (χ3v) is 5.82. The molecular formula is C21H18F2N4O4S. The highest BCUT2D eigenvalue weighted by molar-refractivity contribution is 7.92. The van der Waals surface area contributed by atoms with Gasteiger partial charge in [0.2, 0.25) is 0 Å². The zero-order chi connectivity index (χ0) is 23.5. The number of hydrogen-bond acceptors (Lipinski definition) is 6. The average molecular weight is 460 g/mol. The van der Waals surface area contributed by atoms with Gasteiger partial charge in [0.15, 0.2) is 0 Å². The Balaban J connectivity index is 1.86. The SMILES string of the molecule is Cc1ccc(NS(=O)(=O)c2ccc(N/N=C/c3ccc(F)cc3F)c([N+](=O)[O-])c2)c(C)c1. The summed E-state index contributed by atoms with van der Waals surface area (Å²) in [4.78, 5) is 10.4. The van der Waals surface area contributed by atoms with Crippen molar-refractivity contribution in [3.63, 3.8) is 0 Å². The van der Waals surface area contributed by atoms with Crippen molar-refractivity contribution >= 4 is 33.3 Å². The van der Waals surface area contributed by atoms with Crippen molar-refractivity contribution in [2.24, 2.45) is 5.10 Å². The molecule has 0 spiro atoms. The van der Waals surface area contributed by atoms with Gasteiger partial charge >= 0.3 is 0 Å². The van der Waals surface area contributed by atoms with Crippen molar-refractivity contribution < 1.29 is 22.1 Å². The van der Waals surface area contributed by atoms with E-state index in [-0.39, 0.29) is 16.1 Å². The lowest BCUT2D eigenvalue weighted by atomic mass is 10.1. The van der Waals surface area contributed by atoms with Crippen LogP contribution in [0.15, 0.2) is 64.6 Å². The summed E-state index contributed by atoms with van der Waals surface area (Å²) in [6.07, 6.45) is 1.02. The lowest BCUT2D eigenvalue weighted by Gasteiger charge is -2.12. The molecule has 0 fully saturated rings. The van der Waals surface area contributed by atoms with E-state index in [1.165, 1.54) is 12.1 Å². The molecule has 8 nitrogen and oxygen atoms in total. The Bertz CT molecular complexity index is 1330. The Morgan fingerprint density at radius 3 is 2.38 bits per heavy atom. The number of anilines is 2. The van der Waals surface area contributed by atoms with Crippen molar-refractivity contribution in [3.05, 3.63) is 93.0 Å². The standard InChI is InChI=1S/C21H18F2N4O4S/c1-13-3-7-19(14(2)9-13)26-32(30,31)17-6-8-20(21(11-17)27(28)29)25-24-12-15-4-5-16(22)10-18(15)23/h3-12,25-26H,1-2H3/b24-12+. The maximum Gasteiger partial charge on any atom is 0.295 e. The number of rotatable bonds is 7. The smallest absolute Gasteiger partial charge is 0.279 e. The molecule has 0 saturated heterocycles. The van der Waals surface area contributed by atoms with E-state index >= 15 is 0 Å². The van der Waals surface area contributed by atoms with Gasteiger partial charge in [0, 0.05) is 17.7 Å². The summed E-state index contributed by atoms with van der Waals surface area (Å²) in [7, 11) is -4.10. The van der Waals surface area contributed by atoms with Crippen LogP contribution in [0, 0.1) is 35.6 Å². The van der Waals surface area contributed by atoms with Gasteiger partial charge < -0.3 is 0 Å². The average Bonchev–Trinajstić information content (AvgIpc) is 2.71. The van der Waals surface area contributed by atoms with Gasteiger partial charge in [-0.25, -0.2) is 17.2 Å². The topological polar surface area (TPSA) is 114 Å². The third-order valence-electron chi connectivity index (χ3n) is 4.45. The van der Waals surface area contributed by atoms with Crippen molar-refractivity contribution in [2.75, 3.05) is 10.1 Å². The number of hydrazone groups is 1. The summed E-state index contributed by atoms with van der Waals surface area (Å²) in [6.45, 7) is 3.61. The van der Waals surface area contributed by atoms with Crippen LogP contribution in [0.25, 0.3) is 0 Å². The quantitative estimate of drug-likeness (QED) is 0.300. The van der Waals surface area contributed by atoms with Gasteiger partial charge in [-0.05, 0) is 49.7 Å². The minimum absolute atomic E-state index is 0.0431. The third kappa shape index (κ3) is 5.24. The van der Waals surface area contributed by atoms with Crippen molar-refractivity contribution in [2.45, 2.75) is 18.7 Å². The molecule has 0 amide bonds. The van der Waals surface area contributed by atoms with Crippen LogP contribution in [0.1, 0.15) is 16.7 Å². The molecule has 0 aliphatic rings.